The van der Waals surface area contributed by atoms with E-state index in [0.29, 0.717) is 15.7 Å². The van der Waals surface area contributed by atoms with Gasteiger partial charge in [0.15, 0.2) is 0 Å². The van der Waals surface area contributed by atoms with Crippen LogP contribution >= 0.6 is 23.2 Å². The number of carbonyl (C=O) groups is 2. The lowest BCUT2D eigenvalue weighted by Crippen LogP contribution is -2.57. The van der Waals surface area contributed by atoms with Crippen LogP contribution in [0.5, 0.6) is 0 Å². The lowest BCUT2D eigenvalue weighted by molar-refractivity contribution is -0.131. The first-order valence-corrected chi connectivity index (χ1v) is 10.7. The van der Waals surface area contributed by atoms with Gasteiger partial charge >= 0.3 is 0 Å². The molecule has 0 bridgehead atoms. The molecule has 1 fully saturated rings. The molecule has 6 nitrogen and oxygen atoms in total. The maximum absolute atomic E-state index is 13.8. The smallest absolute Gasteiger partial charge is 0.238 e. The van der Waals surface area contributed by atoms with Crippen LogP contribution in [0, 0.1) is 6.92 Å². The molecule has 1 aromatic heterocycles. The van der Waals surface area contributed by atoms with Gasteiger partial charge in [0.05, 0.1) is 17.4 Å². The topological polar surface area (TPSA) is 76.0 Å². The van der Waals surface area contributed by atoms with E-state index in [0.717, 1.165) is 22.5 Å². The molecule has 0 saturated carbocycles. The van der Waals surface area contributed by atoms with Gasteiger partial charge in [-0.2, -0.15) is 5.10 Å². The van der Waals surface area contributed by atoms with E-state index in [9.17, 15) is 9.59 Å². The third-order valence-corrected chi connectivity index (χ3v) is 6.81. The van der Waals surface area contributed by atoms with Crippen molar-refractivity contribution in [2.24, 2.45) is 7.05 Å². The fourth-order valence-corrected chi connectivity index (χ4v) is 5.53. The maximum Gasteiger partial charge on any atom is 0.238 e. The summed E-state index contributed by atoms with van der Waals surface area (Å²) in [7, 11) is 1.82. The average molecular weight is 455 g/mol. The molecule has 3 unspecified atom stereocenters. The molecule has 3 aromatic rings. The number of rotatable bonds is 2. The number of aryl methyl sites for hydroxylation is 2. The van der Waals surface area contributed by atoms with Crippen LogP contribution in [0.1, 0.15) is 40.9 Å². The van der Waals surface area contributed by atoms with Crippen molar-refractivity contribution >= 4 is 40.7 Å². The Morgan fingerprint density at radius 2 is 1.87 bits per heavy atom. The van der Waals surface area contributed by atoms with E-state index in [4.69, 9.17) is 23.2 Å². The summed E-state index contributed by atoms with van der Waals surface area (Å²) in [6.45, 7) is 1.89. The first-order valence-electron chi connectivity index (χ1n) is 9.97. The third kappa shape index (κ3) is 2.97. The normalized spacial score (nSPS) is 24.8. The number of aromatic nitrogens is 2. The lowest BCUT2D eigenvalue weighted by atomic mass is 9.60. The molecule has 3 heterocycles. The van der Waals surface area contributed by atoms with Gasteiger partial charge in [0.25, 0.3) is 0 Å². The Morgan fingerprint density at radius 3 is 2.58 bits per heavy atom. The van der Waals surface area contributed by atoms with Gasteiger partial charge < -0.3 is 10.6 Å². The second kappa shape index (κ2) is 7.11. The molecule has 3 atom stereocenters. The summed E-state index contributed by atoms with van der Waals surface area (Å²) in [4.78, 5) is 26.7. The molecule has 2 aromatic carbocycles. The summed E-state index contributed by atoms with van der Waals surface area (Å²) in [6, 6.07) is 14.1. The van der Waals surface area contributed by atoms with Gasteiger partial charge in [-0.25, -0.2) is 0 Å². The van der Waals surface area contributed by atoms with Crippen LogP contribution in [0.3, 0.4) is 0 Å². The molecule has 5 rings (SSSR count). The van der Waals surface area contributed by atoms with Crippen molar-refractivity contribution in [1.82, 2.24) is 15.1 Å². The van der Waals surface area contributed by atoms with E-state index in [1.165, 1.54) is 0 Å². The fourth-order valence-electron chi connectivity index (χ4n) is 5.15. The van der Waals surface area contributed by atoms with E-state index in [1.54, 1.807) is 22.9 Å². The Bertz CT molecular complexity index is 1240. The van der Waals surface area contributed by atoms with Crippen LogP contribution in [0.15, 0.2) is 48.5 Å². The Morgan fingerprint density at radius 1 is 1.10 bits per heavy atom. The van der Waals surface area contributed by atoms with Crippen LogP contribution in [-0.2, 0) is 22.1 Å². The second-order valence-corrected chi connectivity index (χ2v) is 9.03. The van der Waals surface area contributed by atoms with Gasteiger partial charge in [0.1, 0.15) is 5.41 Å². The number of piperidine rings is 1. The highest BCUT2D eigenvalue weighted by Gasteiger charge is 2.61. The molecular weight excluding hydrogens is 435 g/mol. The zero-order valence-electron chi connectivity index (χ0n) is 16.9. The fraction of sp³-hybridized carbons (Fsp3) is 0.261. The number of fused-ring (bicyclic) bond motifs is 2. The monoisotopic (exact) mass is 454 g/mol. The van der Waals surface area contributed by atoms with Crippen molar-refractivity contribution in [3.8, 4) is 0 Å². The Balaban J connectivity index is 1.82. The highest BCUT2D eigenvalue weighted by molar-refractivity contribution is 6.31. The number of nitrogens with one attached hydrogen (secondary N) is 2. The Kier molecular flexibility index (Phi) is 4.61. The summed E-state index contributed by atoms with van der Waals surface area (Å²) in [5.74, 6) is -0.740. The Labute approximate surface area is 189 Å². The van der Waals surface area contributed by atoms with Gasteiger partial charge in [0.2, 0.25) is 11.8 Å². The number of nitrogens with zero attached hydrogens (tertiary/aromatic N) is 2. The molecule has 1 spiro atoms. The van der Waals surface area contributed by atoms with Crippen LogP contribution in [0.2, 0.25) is 10.0 Å². The maximum atomic E-state index is 13.8. The minimum absolute atomic E-state index is 0.130. The molecule has 158 valence electrons. The summed E-state index contributed by atoms with van der Waals surface area (Å²) in [5.41, 5.74) is 2.78. The van der Waals surface area contributed by atoms with E-state index in [1.807, 2.05) is 44.3 Å². The standard InChI is InChI=1S/C23H20Cl2N4O2/c1-12-8-19(29(2)28-12)21-23(16-7-6-15(25)10-18(16)26-22(23)31)17(11-20(30)27-21)13-4-3-5-14(24)9-13/h3-10,17,21H,11H2,1-2H3,(H,26,31)(H,27,30). The van der Waals surface area contributed by atoms with Gasteiger partial charge in [-0.3, -0.25) is 14.3 Å². The molecule has 2 aliphatic heterocycles. The predicted molar refractivity (Wildman–Crippen MR) is 119 cm³/mol. The number of hydrogen-bond donors (Lipinski definition) is 2. The summed E-state index contributed by atoms with van der Waals surface area (Å²) in [6.07, 6.45) is 0.156. The molecule has 2 amide bonds. The minimum atomic E-state index is -1.08. The number of hydrogen-bond acceptors (Lipinski definition) is 3. The van der Waals surface area contributed by atoms with Gasteiger partial charge in [0, 0.05) is 35.1 Å². The lowest BCUT2D eigenvalue weighted by Gasteiger charge is -2.46. The molecule has 31 heavy (non-hydrogen) atoms. The molecule has 0 radical (unpaired) electrons. The Hall–Kier alpha value is -2.83. The van der Waals surface area contributed by atoms with Crippen LogP contribution < -0.4 is 10.6 Å². The van der Waals surface area contributed by atoms with Crippen molar-refractivity contribution in [3.63, 3.8) is 0 Å². The first kappa shape index (κ1) is 20.1. The largest absolute Gasteiger partial charge is 0.346 e. The highest BCUT2D eigenvalue weighted by atomic mass is 35.5. The van der Waals surface area contributed by atoms with Crippen LogP contribution in [0.4, 0.5) is 5.69 Å². The van der Waals surface area contributed by atoms with E-state index >= 15 is 0 Å². The number of anilines is 1. The van der Waals surface area contributed by atoms with Gasteiger partial charge in [-0.05, 0) is 48.4 Å². The molecular formula is C23H20Cl2N4O2. The molecule has 2 aliphatic rings. The zero-order valence-corrected chi connectivity index (χ0v) is 18.5. The first-order chi connectivity index (χ1) is 14.8. The van der Waals surface area contributed by atoms with E-state index < -0.39 is 17.4 Å². The van der Waals surface area contributed by atoms with Crippen LogP contribution in [-0.4, -0.2) is 21.6 Å². The summed E-state index contributed by atoms with van der Waals surface area (Å²) < 4.78 is 1.73. The predicted octanol–water partition coefficient (Wildman–Crippen LogP) is 4.27. The van der Waals surface area contributed by atoms with Gasteiger partial charge in [-0.15, -0.1) is 0 Å². The van der Waals surface area contributed by atoms with E-state index in [2.05, 4.69) is 15.7 Å². The summed E-state index contributed by atoms with van der Waals surface area (Å²) in [5, 5.41) is 11.7. The third-order valence-electron chi connectivity index (χ3n) is 6.34. The summed E-state index contributed by atoms with van der Waals surface area (Å²) >= 11 is 12.5. The number of halogens is 2. The quantitative estimate of drug-likeness (QED) is 0.606. The molecule has 2 N–H and O–H groups in total. The van der Waals surface area contributed by atoms with Crippen molar-refractivity contribution in [2.75, 3.05) is 5.32 Å². The van der Waals surface area contributed by atoms with Crippen molar-refractivity contribution in [1.29, 1.82) is 0 Å². The molecule has 1 saturated heterocycles. The SMILES string of the molecule is Cc1cc(C2NC(=O)CC(c3cccc(Cl)c3)C23C(=O)Nc2cc(Cl)ccc23)n(C)n1. The second-order valence-electron chi connectivity index (χ2n) is 8.16. The average Bonchev–Trinajstić information content (AvgIpc) is 3.19. The highest BCUT2D eigenvalue weighted by Crippen LogP contribution is 2.57. The van der Waals surface area contributed by atoms with Crippen LogP contribution in [0.25, 0.3) is 0 Å². The van der Waals surface area contributed by atoms with Gasteiger partial charge in [-0.1, -0.05) is 41.4 Å². The van der Waals surface area contributed by atoms with Crippen molar-refractivity contribution < 1.29 is 9.59 Å². The van der Waals surface area contributed by atoms with Crippen molar-refractivity contribution in [3.05, 3.63) is 81.1 Å². The molecule has 8 heteroatoms. The zero-order chi connectivity index (χ0) is 21.9. The van der Waals surface area contributed by atoms with E-state index in [-0.39, 0.29) is 18.2 Å². The van der Waals surface area contributed by atoms with Crippen molar-refractivity contribution in [2.45, 2.75) is 30.7 Å². The number of carbonyl (C=O) groups excluding carboxylic acids is 2. The number of amides is 2. The molecule has 0 aliphatic carbocycles. The minimum Gasteiger partial charge on any atom is -0.346 e. The number of benzene rings is 2.